The number of anilines is 1. The highest BCUT2D eigenvalue weighted by molar-refractivity contribution is 6.02. The van der Waals surface area contributed by atoms with Gasteiger partial charge in [0.15, 0.2) is 0 Å². The quantitative estimate of drug-likeness (QED) is 0.330. The highest BCUT2D eigenvalue weighted by atomic mass is 16.5. The van der Waals surface area contributed by atoms with Gasteiger partial charge in [-0.15, -0.1) is 0 Å². The molecule has 1 aromatic rings. The smallest absolute Gasteiger partial charge is 0.246 e. The van der Waals surface area contributed by atoms with Gasteiger partial charge in [0, 0.05) is 31.5 Å². The standard InChI is InChI=1S/C30H41N3O6/c1-4-37-18-8-17-33-26(28(35)32-22-10-7-6-9-19(22)3)30-16-15-23(39-30)24(25(30)29(33)36)27(34)31-20-11-13-21(14-12-20)38-5-2/h11-16,19,22-26H,4-10,17-18H2,1-3H3,(H,31,34)(H,32,35)/t19-,22+,23+,24-,25+,26+,30+/m1/s1. The minimum atomic E-state index is -1.16. The maximum atomic E-state index is 14.0. The Morgan fingerprint density at radius 2 is 1.87 bits per heavy atom. The molecular weight excluding hydrogens is 498 g/mol. The van der Waals surface area contributed by atoms with Crippen molar-refractivity contribution in [3.8, 4) is 5.75 Å². The van der Waals surface area contributed by atoms with Crippen molar-refractivity contribution in [3.05, 3.63) is 36.4 Å². The SMILES string of the molecule is CCOCCCN1C(=O)[C@@H]2[C@H](C(=O)Nc3ccc(OCC)cc3)[C@@H]3C=C[C@@]2(O3)[C@@H]1C(=O)N[C@H]1CCCC[C@H]1C. The summed E-state index contributed by atoms with van der Waals surface area (Å²) in [6.45, 7) is 8.01. The summed E-state index contributed by atoms with van der Waals surface area (Å²) in [5, 5.41) is 6.22. The second kappa shape index (κ2) is 11.7. The molecule has 7 atom stereocenters. The van der Waals surface area contributed by atoms with Gasteiger partial charge < -0.3 is 29.7 Å². The summed E-state index contributed by atoms with van der Waals surface area (Å²) in [7, 11) is 0. The largest absolute Gasteiger partial charge is 0.494 e. The number of nitrogens with one attached hydrogen (secondary N) is 2. The molecule has 1 saturated carbocycles. The first-order valence-corrected chi connectivity index (χ1v) is 14.5. The van der Waals surface area contributed by atoms with E-state index in [0.717, 1.165) is 25.0 Å². The van der Waals surface area contributed by atoms with E-state index in [1.165, 1.54) is 6.42 Å². The van der Waals surface area contributed by atoms with E-state index in [9.17, 15) is 14.4 Å². The number of amides is 3. The molecule has 39 heavy (non-hydrogen) atoms. The van der Waals surface area contributed by atoms with Crippen LogP contribution in [0, 0.1) is 17.8 Å². The third-order valence-corrected chi connectivity index (χ3v) is 8.69. The number of hydrogen-bond donors (Lipinski definition) is 2. The number of likely N-dealkylation sites (tertiary alicyclic amines) is 1. The monoisotopic (exact) mass is 539 g/mol. The summed E-state index contributed by atoms with van der Waals surface area (Å²) in [4.78, 5) is 43.1. The van der Waals surface area contributed by atoms with Crippen molar-refractivity contribution in [2.45, 2.75) is 76.7 Å². The number of rotatable bonds is 11. The van der Waals surface area contributed by atoms with Gasteiger partial charge >= 0.3 is 0 Å². The maximum absolute atomic E-state index is 14.0. The highest BCUT2D eigenvalue weighted by Gasteiger charge is 2.72. The molecular formula is C30H41N3O6. The summed E-state index contributed by atoms with van der Waals surface area (Å²) in [5.41, 5.74) is -0.542. The summed E-state index contributed by atoms with van der Waals surface area (Å²) in [6.07, 6.45) is 8.00. The van der Waals surface area contributed by atoms with Crippen LogP contribution >= 0.6 is 0 Å². The average molecular weight is 540 g/mol. The minimum Gasteiger partial charge on any atom is -0.494 e. The van der Waals surface area contributed by atoms with Gasteiger partial charge in [0.25, 0.3) is 0 Å². The second-order valence-electron chi connectivity index (χ2n) is 11.1. The Morgan fingerprint density at radius 1 is 1.10 bits per heavy atom. The van der Waals surface area contributed by atoms with Crippen LogP contribution in [0.1, 0.15) is 52.9 Å². The second-order valence-corrected chi connectivity index (χ2v) is 11.1. The lowest BCUT2D eigenvalue weighted by Crippen LogP contribution is -2.57. The lowest BCUT2D eigenvalue weighted by atomic mass is 9.74. The third kappa shape index (κ3) is 5.18. The average Bonchev–Trinajstić information content (AvgIpc) is 3.56. The Morgan fingerprint density at radius 3 is 2.59 bits per heavy atom. The van der Waals surface area contributed by atoms with E-state index in [4.69, 9.17) is 14.2 Å². The van der Waals surface area contributed by atoms with Gasteiger partial charge in [-0.05, 0) is 63.3 Å². The predicted molar refractivity (Wildman–Crippen MR) is 146 cm³/mol. The van der Waals surface area contributed by atoms with Crippen molar-refractivity contribution in [2.75, 3.05) is 31.7 Å². The van der Waals surface area contributed by atoms with E-state index in [-0.39, 0.29) is 23.8 Å². The number of hydrogen-bond acceptors (Lipinski definition) is 6. The zero-order valence-corrected chi connectivity index (χ0v) is 23.2. The van der Waals surface area contributed by atoms with Crippen LogP contribution in [0.3, 0.4) is 0 Å². The Hall–Kier alpha value is -2.91. The fourth-order valence-corrected chi connectivity index (χ4v) is 6.81. The molecule has 212 valence electrons. The van der Waals surface area contributed by atoms with E-state index < -0.39 is 29.6 Å². The van der Waals surface area contributed by atoms with Crippen LogP contribution in [-0.2, 0) is 23.9 Å². The van der Waals surface area contributed by atoms with E-state index in [1.54, 1.807) is 29.2 Å². The molecule has 9 nitrogen and oxygen atoms in total. The molecule has 0 unspecified atom stereocenters. The van der Waals surface area contributed by atoms with E-state index in [2.05, 4.69) is 17.6 Å². The molecule has 0 radical (unpaired) electrons. The predicted octanol–water partition coefficient (Wildman–Crippen LogP) is 3.30. The van der Waals surface area contributed by atoms with Gasteiger partial charge in [-0.3, -0.25) is 14.4 Å². The molecule has 3 amide bonds. The Bertz CT molecular complexity index is 1090. The number of carbonyl (C=O) groups excluding carboxylic acids is 3. The van der Waals surface area contributed by atoms with Gasteiger partial charge in [0.05, 0.1) is 24.5 Å². The van der Waals surface area contributed by atoms with Gasteiger partial charge in [-0.1, -0.05) is 31.9 Å². The number of benzene rings is 1. The maximum Gasteiger partial charge on any atom is 0.246 e. The first-order chi connectivity index (χ1) is 18.9. The summed E-state index contributed by atoms with van der Waals surface area (Å²) in [6, 6.07) is 6.40. The lowest BCUT2D eigenvalue weighted by molar-refractivity contribution is -0.141. The summed E-state index contributed by atoms with van der Waals surface area (Å²) in [5.74, 6) is -1.08. The molecule has 5 rings (SSSR count). The van der Waals surface area contributed by atoms with Crippen LogP contribution in [0.25, 0.3) is 0 Å². The van der Waals surface area contributed by atoms with Crippen LogP contribution in [0.15, 0.2) is 36.4 Å². The molecule has 9 heteroatoms. The van der Waals surface area contributed by atoms with Crippen molar-refractivity contribution < 1.29 is 28.6 Å². The van der Waals surface area contributed by atoms with Crippen LogP contribution in [0.2, 0.25) is 0 Å². The molecule has 3 fully saturated rings. The number of carbonyl (C=O) groups is 3. The van der Waals surface area contributed by atoms with Crippen LogP contribution < -0.4 is 15.4 Å². The number of nitrogens with zero attached hydrogens (tertiary/aromatic N) is 1. The molecule has 1 spiro atoms. The molecule has 1 aliphatic carbocycles. The molecule has 0 aromatic heterocycles. The Balaban J connectivity index is 1.38. The van der Waals surface area contributed by atoms with Gasteiger partial charge in [-0.2, -0.15) is 0 Å². The molecule has 2 N–H and O–H groups in total. The van der Waals surface area contributed by atoms with Crippen molar-refractivity contribution in [2.24, 2.45) is 17.8 Å². The zero-order valence-electron chi connectivity index (χ0n) is 23.2. The fourth-order valence-electron chi connectivity index (χ4n) is 6.81. The highest BCUT2D eigenvalue weighted by Crippen LogP contribution is 2.55. The van der Waals surface area contributed by atoms with Gasteiger partial charge in [0.1, 0.15) is 17.4 Å². The Kier molecular flexibility index (Phi) is 8.28. The molecule has 1 aromatic carbocycles. The number of fused-ring (bicyclic) bond motifs is 1. The van der Waals surface area contributed by atoms with Crippen molar-refractivity contribution in [1.82, 2.24) is 10.2 Å². The minimum absolute atomic E-state index is 0.0726. The van der Waals surface area contributed by atoms with Gasteiger partial charge in [0.2, 0.25) is 17.7 Å². The van der Waals surface area contributed by atoms with Crippen LogP contribution in [0.5, 0.6) is 5.75 Å². The first-order valence-electron chi connectivity index (χ1n) is 14.5. The molecule has 2 bridgehead atoms. The fraction of sp³-hybridized carbons (Fsp3) is 0.633. The lowest BCUT2D eigenvalue weighted by Gasteiger charge is -2.36. The molecule has 3 aliphatic heterocycles. The summed E-state index contributed by atoms with van der Waals surface area (Å²) >= 11 is 0. The molecule has 4 aliphatic rings. The van der Waals surface area contributed by atoms with Crippen molar-refractivity contribution >= 4 is 23.4 Å². The third-order valence-electron chi connectivity index (χ3n) is 8.69. The topological polar surface area (TPSA) is 106 Å². The Labute approximate surface area is 230 Å². The van der Waals surface area contributed by atoms with Crippen LogP contribution in [0.4, 0.5) is 5.69 Å². The van der Waals surface area contributed by atoms with Crippen molar-refractivity contribution in [3.63, 3.8) is 0 Å². The van der Waals surface area contributed by atoms with Crippen molar-refractivity contribution in [1.29, 1.82) is 0 Å². The first kappa shape index (κ1) is 27.6. The van der Waals surface area contributed by atoms with Crippen LogP contribution in [-0.4, -0.2) is 72.8 Å². The number of ether oxygens (including phenoxy) is 3. The van der Waals surface area contributed by atoms with Gasteiger partial charge in [-0.25, -0.2) is 0 Å². The zero-order chi connectivity index (χ0) is 27.6. The van der Waals surface area contributed by atoms with E-state index >= 15 is 0 Å². The van der Waals surface area contributed by atoms with E-state index in [1.807, 2.05) is 26.0 Å². The normalized spacial score (nSPS) is 32.8. The summed E-state index contributed by atoms with van der Waals surface area (Å²) < 4.78 is 17.4. The molecule has 2 saturated heterocycles. The van der Waals surface area contributed by atoms with E-state index in [0.29, 0.717) is 44.4 Å². The molecule has 3 heterocycles.